The summed E-state index contributed by atoms with van der Waals surface area (Å²) in [5.41, 5.74) is 2.33. The molecule has 2 aromatic rings. The van der Waals surface area contributed by atoms with Crippen LogP contribution in [-0.4, -0.2) is 33.1 Å². The largest absolute Gasteiger partial charge is 0.390 e. The Morgan fingerprint density at radius 2 is 2.04 bits per heavy atom. The van der Waals surface area contributed by atoms with Crippen molar-refractivity contribution < 1.29 is 9.50 Å². The van der Waals surface area contributed by atoms with Crippen molar-refractivity contribution in [2.75, 3.05) is 18.0 Å². The van der Waals surface area contributed by atoms with E-state index in [0.29, 0.717) is 27.0 Å². The fraction of sp³-hybridized carbons (Fsp3) is 0.571. The van der Waals surface area contributed by atoms with E-state index in [1.165, 1.54) is 25.5 Å². The number of hydrogen-bond donors (Lipinski definition) is 1. The number of aryl methyl sites for hydroxylation is 1. The Bertz CT molecular complexity index is 883. The molecule has 0 unspecified atom stereocenters. The number of aliphatic hydroxyl groups is 1. The smallest absolute Gasteiger partial charge is 0.222 e. The quantitative estimate of drug-likeness (QED) is 0.692. The van der Waals surface area contributed by atoms with Crippen molar-refractivity contribution in [1.29, 1.82) is 0 Å². The molecule has 1 saturated heterocycles. The highest BCUT2D eigenvalue weighted by atomic mass is 79.9. The number of aliphatic hydroxyl groups excluding tert-OH is 1. The molecular weight excluding hydrogens is 423 g/mol. The Kier molecular flexibility index (Phi) is 5.40. The third-order valence-corrected chi connectivity index (χ3v) is 7.18. The molecule has 2 aliphatic rings. The molecule has 28 heavy (non-hydrogen) atoms. The maximum absolute atomic E-state index is 14.3. The molecule has 2 aromatic heterocycles. The average molecular weight is 449 g/mol. The molecule has 7 heteroatoms. The molecule has 1 aliphatic heterocycles. The van der Waals surface area contributed by atoms with Crippen molar-refractivity contribution in [3.8, 4) is 11.3 Å². The predicted molar refractivity (Wildman–Crippen MR) is 110 cm³/mol. The van der Waals surface area contributed by atoms with Gasteiger partial charge >= 0.3 is 0 Å². The second-order valence-electron chi connectivity index (χ2n) is 8.22. The van der Waals surface area contributed by atoms with E-state index < -0.39 is 5.95 Å². The van der Waals surface area contributed by atoms with Gasteiger partial charge in [-0.3, -0.25) is 0 Å². The molecule has 3 heterocycles. The molecule has 0 radical (unpaired) electrons. The van der Waals surface area contributed by atoms with Crippen LogP contribution in [0.5, 0.6) is 0 Å². The third-order valence-electron chi connectivity index (χ3n) is 6.75. The summed E-state index contributed by atoms with van der Waals surface area (Å²) in [6.07, 6.45) is 7.73. The Labute approximate surface area is 173 Å². The van der Waals surface area contributed by atoms with Crippen LogP contribution < -0.4 is 4.90 Å². The number of rotatable bonds is 3. The van der Waals surface area contributed by atoms with Crippen LogP contribution >= 0.6 is 15.9 Å². The first-order valence-electron chi connectivity index (χ1n) is 9.98. The SMILES string of the molecule is Cc1nc(N2CCC3(CCC[C@H]3C)CC2)c(CO)nc1-c1cc(Br)cnc1F. The Balaban J connectivity index is 1.64. The molecule has 5 nitrogen and oxygen atoms in total. The van der Waals surface area contributed by atoms with E-state index in [0.717, 1.165) is 37.7 Å². The van der Waals surface area contributed by atoms with Gasteiger partial charge in [0.05, 0.1) is 23.6 Å². The number of halogens is 2. The lowest BCUT2D eigenvalue weighted by atomic mass is 9.71. The van der Waals surface area contributed by atoms with Gasteiger partial charge in [-0.25, -0.2) is 15.0 Å². The monoisotopic (exact) mass is 448 g/mol. The van der Waals surface area contributed by atoms with Crippen LogP contribution in [-0.2, 0) is 6.61 Å². The summed E-state index contributed by atoms with van der Waals surface area (Å²) >= 11 is 3.33. The summed E-state index contributed by atoms with van der Waals surface area (Å²) in [6, 6.07) is 1.65. The Morgan fingerprint density at radius 3 is 2.68 bits per heavy atom. The van der Waals surface area contributed by atoms with Crippen LogP contribution in [0.15, 0.2) is 16.7 Å². The van der Waals surface area contributed by atoms with Crippen LogP contribution in [0.3, 0.4) is 0 Å². The van der Waals surface area contributed by atoms with E-state index in [1.54, 1.807) is 6.07 Å². The van der Waals surface area contributed by atoms with E-state index >= 15 is 0 Å². The first-order chi connectivity index (χ1) is 13.4. The molecule has 0 amide bonds. The van der Waals surface area contributed by atoms with Crippen LogP contribution in [0.25, 0.3) is 11.3 Å². The number of aromatic nitrogens is 3. The highest BCUT2D eigenvalue weighted by Crippen LogP contribution is 2.50. The minimum atomic E-state index is -0.590. The first kappa shape index (κ1) is 19.7. The first-order valence-corrected chi connectivity index (χ1v) is 10.8. The van der Waals surface area contributed by atoms with Gasteiger partial charge in [0.25, 0.3) is 0 Å². The minimum Gasteiger partial charge on any atom is -0.390 e. The summed E-state index contributed by atoms with van der Waals surface area (Å²) < 4.78 is 14.9. The second-order valence-corrected chi connectivity index (χ2v) is 9.14. The molecule has 1 saturated carbocycles. The number of anilines is 1. The topological polar surface area (TPSA) is 62.1 Å². The zero-order valence-corrected chi connectivity index (χ0v) is 18.0. The van der Waals surface area contributed by atoms with Gasteiger partial charge in [0.15, 0.2) is 5.82 Å². The molecule has 150 valence electrons. The predicted octanol–water partition coefficient (Wildman–Crippen LogP) is 4.65. The summed E-state index contributed by atoms with van der Waals surface area (Å²) in [5, 5.41) is 9.93. The molecule has 2 fully saturated rings. The van der Waals surface area contributed by atoms with Gasteiger partial charge in [-0.2, -0.15) is 4.39 Å². The maximum Gasteiger partial charge on any atom is 0.222 e. The number of hydrogen-bond acceptors (Lipinski definition) is 5. The molecule has 1 spiro atoms. The van der Waals surface area contributed by atoms with Crippen LogP contribution in [0.4, 0.5) is 10.2 Å². The van der Waals surface area contributed by atoms with Gasteiger partial charge in [0.1, 0.15) is 5.69 Å². The molecular formula is C21H26BrFN4O. The second kappa shape index (κ2) is 7.67. The van der Waals surface area contributed by atoms with Crippen molar-refractivity contribution in [2.24, 2.45) is 11.3 Å². The van der Waals surface area contributed by atoms with E-state index in [-0.39, 0.29) is 12.2 Å². The lowest BCUT2D eigenvalue weighted by molar-refractivity contribution is 0.161. The maximum atomic E-state index is 14.3. The lowest BCUT2D eigenvalue weighted by Gasteiger charge is -2.43. The van der Waals surface area contributed by atoms with Gasteiger partial charge < -0.3 is 10.0 Å². The van der Waals surface area contributed by atoms with Gasteiger partial charge in [0, 0.05) is 23.8 Å². The van der Waals surface area contributed by atoms with Crippen molar-refractivity contribution >= 4 is 21.7 Å². The third kappa shape index (κ3) is 3.43. The van der Waals surface area contributed by atoms with Crippen LogP contribution in [0.1, 0.15) is 50.4 Å². The fourth-order valence-electron chi connectivity index (χ4n) is 4.96. The lowest BCUT2D eigenvalue weighted by Crippen LogP contribution is -2.42. The van der Waals surface area contributed by atoms with E-state index in [1.807, 2.05) is 6.92 Å². The number of nitrogens with zero attached hydrogens (tertiary/aromatic N) is 4. The summed E-state index contributed by atoms with van der Waals surface area (Å²) in [4.78, 5) is 15.3. The van der Waals surface area contributed by atoms with Crippen molar-refractivity contribution in [3.05, 3.63) is 34.1 Å². The van der Waals surface area contributed by atoms with Gasteiger partial charge in [-0.15, -0.1) is 0 Å². The number of pyridine rings is 1. The summed E-state index contributed by atoms with van der Waals surface area (Å²) in [6.45, 7) is 5.85. The zero-order valence-electron chi connectivity index (χ0n) is 16.4. The molecule has 1 N–H and O–H groups in total. The van der Waals surface area contributed by atoms with Crippen molar-refractivity contribution in [3.63, 3.8) is 0 Å². The Morgan fingerprint density at radius 1 is 1.29 bits per heavy atom. The van der Waals surface area contributed by atoms with Gasteiger partial charge in [-0.05, 0) is 59.5 Å². The summed E-state index contributed by atoms with van der Waals surface area (Å²) in [7, 11) is 0. The van der Waals surface area contributed by atoms with Gasteiger partial charge in [-0.1, -0.05) is 19.8 Å². The molecule has 4 rings (SSSR count). The average Bonchev–Trinajstić information content (AvgIpc) is 3.04. The molecule has 0 bridgehead atoms. The van der Waals surface area contributed by atoms with E-state index in [4.69, 9.17) is 4.98 Å². The van der Waals surface area contributed by atoms with Gasteiger partial charge in [0.2, 0.25) is 5.95 Å². The Hall–Kier alpha value is -1.60. The highest BCUT2D eigenvalue weighted by molar-refractivity contribution is 9.10. The zero-order chi connectivity index (χ0) is 19.9. The molecule has 1 atom stereocenters. The van der Waals surface area contributed by atoms with Crippen LogP contribution in [0.2, 0.25) is 0 Å². The standard InChI is InChI=1S/C21H26BrFN4O/c1-13-4-3-5-21(13)6-8-27(9-7-21)20-17(12-28)26-18(14(2)25-20)16-10-15(22)11-24-19(16)23/h10-11,13,28H,3-9,12H2,1-2H3/t13-/m1/s1. The number of piperidine rings is 1. The molecule has 0 aromatic carbocycles. The minimum absolute atomic E-state index is 0.225. The fourth-order valence-corrected chi connectivity index (χ4v) is 5.30. The summed E-state index contributed by atoms with van der Waals surface area (Å²) in [5.74, 6) is 0.925. The van der Waals surface area contributed by atoms with Crippen molar-refractivity contribution in [2.45, 2.75) is 52.6 Å². The van der Waals surface area contributed by atoms with E-state index in [9.17, 15) is 9.50 Å². The van der Waals surface area contributed by atoms with Crippen LogP contribution in [0, 0.1) is 24.2 Å². The highest BCUT2D eigenvalue weighted by Gasteiger charge is 2.42. The normalized spacial score (nSPS) is 21.5. The molecule has 1 aliphatic carbocycles. The van der Waals surface area contributed by atoms with Crippen molar-refractivity contribution in [1.82, 2.24) is 15.0 Å². The van der Waals surface area contributed by atoms with E-state index in [2.05, 4.69) is 37.7 Å².